The van der Waals surface area contributed by atoms with Gasteiger partial charge in [-0.05, 0) is 42.0 Å². The Morgan fingerprint density at radius 2 is 1.71 bits per heavy atom. The Morgan fingerprint density at radius 1 is 0.903 bits per heavy atom. The van der Waals surface area contributed by atoms with E-state index in [0.717, 1.165) is 39.1 Å². The second-order valence-electron chi connectivity index (χ2n) is 6.87. The molecule has 1 aromatic heterocycles. The Balaban J connectivity index is 1.36. The van der Waals surface area contributed by atoms with Gasteiger partial charge in [-0.25, -0.2) is 0 Å². The van der Waals surface area contributed by atoms with Crippen LogP contribution in [0.25, 0.3) is 11.4 Å². The summed E-state index contributed by atoms with van der Waals surface area (Å²) >= 11 is 13.8. The van der Waals surface area contributed by atoms with Gasteiger partial charge in [-0.3, -0.25) is 0 Å². The lowest BCUT2D eigenvalue weighted by Gasteiger charge is -2.14. The summed E-state index contributed by atoms with van der Waals surface area (Å²) in [5, 5.41) is 15.4. The number of benzene rings is 3. The molecule has 0 spiro atoms. The zero-order valence-corrected chi connectivity index (χ0v) is 18.5. The van der Waals surface area contributed by atoms with Crippen LogP contribution in [-0.4, -0.2) is 26.3 Å². The zero-order chi connectivity index (χ0) is 21.2. The first-order valence-electron chi connectivity index (χ1n) is 9.56. The maximum Gasteiger partial charge on any atom is 0.212 e. The van der Waals surface area contributed by atoms with E-state index in [1.165, 1.54) is 0 Å². The Labute approximate surface area is 193 Å². The summed E-state index contributed by atoms with van der Waals surface area (Å²) in [5.41, 5.74) is 3.89. The van der Waals surface area contributed by atoms with Crippen LogP contribution < -0.4 is 4.74 Å². The van der Waals surface area contributed by atoms with Crippen molar-refractivity contribution in [2.45, 2.75) is 11.8 Å². The topological polar surface area (TPSA) is 52.3 Å². The van der Waals surface area contributed by atoms with Gasteiger partial charge in [0.2, 0.25) is 5.16 Å². The van der Waals surface area contributed by atoms with E-state index in [1.807, 2.05) is 48.5 Å². The second kappa shape index (κ2) is 8.75. The van der Waals surface area contributed by atoms with Gasteiger partial charge in [-0.2, -0.15) is 9.78 Å². The lowest BCUT2D eigenvalue weighted by Crippen LogP contribution is -2.13. The third-order valence-electron chi connectivity index (χ3n) is 4.80. The molecule has 3 aromatic carbocycles. The smallest absolute Gasteiger partial charge is 0.212 e. The zero-order valence-electron chi connectivity index (χ0n) is 16.2. The predicted octanol–water partition coefficient (Wildman–Crippen LogP) is 6.19. The summed E-state index contributed by atoms with van der Waals surface area (Å²) in [5.74, 6) is 2.20. The first-order chi connectivity index (χ1) is 15.2. The van der Waals surface area contributed by atoms with Gasteiger partial charge in [-0.15, -0.1) is 10.2 Å². The summed E-state index contributed by atoms with van der Waals surface area (Å²) in [6.07, 6.45) is 0. The van der Waals surface area contributed by atoms with E-state index in [1.54, 1.807) is 28.6 Å². The van der Waals surface area contributed by atoms with Gasteiger partial charge in [0.05, 0.1) is 5.71 Å². The van der Waals surface area contributed by atoms with Crippen LogP contribution in [0.4, 0.5) is 0 Å². The number of thioether (sulfide) groups is 1. The number of fused-ring (bicyclic) bond motifs is 1. The molecular formula is C23H16Cl2N4OS. The van der Waals surface area contributed by atoms with E-state index in [-0.39, 0.29) is 0 Å². The SMILES string of the molecule is Clc1ccc(COc2ccc(-c3nnc4n3N=C(c3ccccc3)CS4)cc2)c(Cl)c1. The van der Waals surface area contributed by atoms with Crippen molar-refractivity contribution in [3.63, 3.8) is 0 Å². The van der Waals surface area contributed by atoms with E-state index >= 15 is 0 Å². The van der Waals surface area contributed by atoms with Crippen LogP contribution in [0.15, 0.2) is 83.1 Å². The van der Waals surface area contributed by atoms with Gasteiger partial charge in [-0.1, -0.05) is 71.4 Å². The van der Waals surface area contributed by atoms with Crippen molar-refractivity contribution in [2.75, 3.05) is 5.75 Å². The summed E-state index contributed by atoms with van der Waals surface area (Å²) in [6, 6.07) is 23.2. The average molecular weight is 467 g/mol. The molecule has 8 heteroatoms. The number of halogens is 2. The minimum atomic E-state index is 0.358. The fourth-order valence-electron chi connectivity index (χ4n) is 3.18. The number of ether oxygens (including phenoxy) is 1. The first-order valence-corrected chi connectivity index (χ1v) is 11.3. The minimum Gasteiger partial charge on any atom is -0.489 e. The summed E-state index contributed by atoms with van der Waals surface area (Å²) < 4.78 is 7.68. The van der Waals surface area contributed by atoms with Gasteiger partial charge < -0.3 is 4.74 Å². The molecule has 0 aliphatic carbocycles. The summed E-state index contributed by atoms with van der Waals surface area (Å²) in [6.45, 7) is 0.358. The highest BCUT2D eigenvalue weighted by Gasteiger charge is 2.20. The number of aromatic nitrogens is 3. The Kier molecular flexibility index (Phi) is 5.68. The molecule has 154 valence electrons. The maximum absolute atomic E-state index is 6.22. The van der Waals surface area contributed by atoms with Gasteiger partial charge >= 0.3 is 0 Å². The molecule has 1 aliphatic rings. The van der Waals surface area contributed by atoms with Crippen LogP contribution in [0.1, 0.15) is 11.1 Å². The number of rotatable bonds is 5. The van der Waals surface area contributed by atoms with Crippen LogP contribution >= 0.6 is 35.0 Å². The molecule has 31 heavy (non-hydrogen) atoms. The van der Waals surface area contributed by atoms with Crippen LogP contribution in [-0.2, 0) is 6.61 Å². The van der Waals surface area contributed by atoms with Crippen molar-refractivity contribution < 1.29 is 4.74 Å². The van der Waals surface area contributed by atoms with E-state index in [4.69, 9.17) is 33.0 Å². The normalized spacial score (nSPS) is 12.9. The van der Waals surface area contributed by atoms with Gasteiger partial charge in [0, 0.05) is 26.9 Å². The number of nitrogens with zero attached hydrogens (tertiary/aromatic N) is 4. The van der Waals surface area contributed by atoms with Crippen molar-refractivity contribution >= 4 is 40.7 Å². The van der Waals surface area contributed by atoms with Crippen LogP contribution in [0.3, 0.4) is 0 Å². The summed E-state index contributed by atoms with van der Waals surface area (Å²) in [7, 11) is 0. The van der Waals surface area contributed by atoms with Crippen LogP contribution in [0.2, 0.25) is 10.0 Å². The highest BCUT2D eigenvalue weighted by molar-refractivity contribution is 7.99. The third kappa shape index (κ3) is 4.32. The second-order valence-corrected chi connectivity index (χ2v) is 8.65. The average Bonchev–Trinajstić information content (AvgIpc) is 3.23. The quantitative estimate of drug-likeness (QED) is 0.351. The van der Waals surface area contributed by atoms with E-state index in [0.29, 0.717) is 22.5 Å². The monoisotopic (exact) mass is 466 g/mol. The lowest BCUT2D eigenvalue weighted by atomic mass is 10.1. The van der Waals surface area contributed by atoms with Crippen molar-refractivity contribution in [1.29, 1.82) is 0 Å². The molecule has 4 aromatic rings. The number of hydrogen-bond donors (Lipinski definition) is 0. The lowest BCUT2D eigenvalue weighted by molar-refractivity contribution is 0.306. The Hall–Kier alpha value is -2.80. The Morgan fingerprint density at radius 3 is 2.48 bits per heavy atom. The molecule has 0 N–H and O–H groups in total. The highest BCUT2D eigenvalue weighted by atomic mass is 35.5. The van der Waals surface area contributed by atoms with E-state index < -0.39 is 0 Å². The largest absolute Gasteiger partial charge is 0.489 e. The molecular weight excluding hydrogens is 451 g/mol. The molecule has 1 aliphatic heterocycles. The van der Waals surface area contributed by atoms with Gasteiger partial charge in [0.1, 0.15) is 12.4 Å². The van der Waals surface area contributed by atoms with Crippen LogP contribution in [0, 0.1) is 0 Å². The van der Waals surface area contributed by atoms with Crippen molar-refractivity contribution in [1.82, 2.24) is 14.9 Å². The van der Waals surface area contributed by atoms with Crippen molar-refractivity contribution in [2.24, 2.45) is 5.10 Å². The number of hydrogen-bond acceptors (Lipinski definition) is 5. The fraction of sp³-hybridized carbons (Fsp3) is 0.0870. The Bertz CT molecular complexity index is 1260. The summed E-state index contributed by atoms with van der Waals surface area (Å²) in [4.78, 5) is 0. The minimum absolute atomic E-state index is 0.358. The molecule has 0 atom stereocenters. The fourth-order valence-corrected chi connectivity index (χ4v) is 4.48. The van der Waals surface area contributed by atoms with Crippen molar-refractivity contribution in [3.05, 3.63) is 94.0 Å². The standard InChI is InChI=1S/C23H16Cl2N4OS/c24-18-9-6-17(20(25)12-18)13-30-19-10-7-16(8-11-19)22-26-27-23-29(22)28-21(14-31-23)15-4-2-1-3-5-15/h1-12H,13-14H2. The van der Waals surface area contributed by atoms with E-state index in [9.17, 15) is 0 Å². The predicted molar refractivity (Wildman–Crippen MR) is 125 cm³/mol. The molecule has 5 rings (SSSR count). The molecule has 5 nitrogen and oxygen atoms in total. The van der Waals surface area contributed by atoms with Gasteiger partial charge in [0.15, 0.2) is 5.82 Å². The van der Waals surface area contributed by atoms with Gasteiger partial charge in [0.25, 0.3) is 0 Å². The molecule has 0 amide bonds. The first kappa shape index (κ1) is 20.1. The molecule has 0 unspecified atom stereocenters. The molecule has 0 saturated heterocycles. The molecule has 0 fully saturated rings. The molecule has 2 heterocycles. The highest BCUT2D eigenvalue weighted by Crippen LogP contribution is 2.30. The van der Waals surface area contributed by atoms with E-state index in [2.05, 4.69) is 22.3 Å². The molecule has 0 bridgehead atoms. The van der Waals surface area contributed by atoms with Crippen molar-refractivity contribution in [3.8, 4) is 17.1 Å². The molecule has 0 radical (unpaired) electrons. The van der Waals surface area contributed by atoms with Crippen LogP contribution in [0.5, 0.6) is 5.75 Å². The third-order valence-corrected chi connectivity index (χ3v) is 6.32. The maximum atomic E-state index is 6.22. The molecule has 0 saturated carbocycles.